The molecule has 0 unspecified atom stereocenters. The van der Waals surface area contributed by atoms with Crippen molar-refractivity contribution >= 4 is 33.5 Å². The molecule has 0 saturated carbocycles. The number of fused-ring (bicyclic) bond motifs is 2. The Morgan fingerprint density at radius 1 is 0.931 bits per heavy atom. The molecule has 142 valence electrons. The number of benzene rings is 3. The predicted octanol–water partition coefficient (Wildman–Crippen LogP) is 3.63. The number of nitrogens with zero attached hydrogens (tertiary/aromatic N) is 2. The van der Waals surface area contributed by atoms with Gasteiger partial charge in [-0.3, -0.25) is 14.6 Å². The summed E-state index contributed by atoms with van der Waals surface area (Å²) in [5.74, 6) is -0.220. The Hall–Kier alpha value is -3.73. The predicted molar refractivity (Wildman–Crippen MR) is 114 cm³/mol. The van der Waals surface area contributed by atoms with Crippen LogP contribution in [0.25, 0.3) is 32.8 Å². The van der Waals surface area contributed by atoms with Crippen molar-refractivity contribution in [1.29, 1.82) is 0 Å². The van der Waals surface area contributed by atoms with Gasteiger partial charge in [0.1, 0.15) is 0 Å². The molecular weight excluding hydrogens is 362 g/mol. The molecule has 0 radical (unpaired) electrons. The number of rotatable bonds is 2. The first-order chi connectivity index (χ1) is 14.2. The lowest BCUT2D eigenvalue weighted by Gasteiger charge is -2.26. The Morgan fingerprint density at radius 2 is 1.76 bits per heavy atom. The molecule has 1 N–H and O–H groups in total. The van der Waals surface area contributed by atoms with Crippen LogP contribution < -0.4 is 5.32 Å². The van der Waals surface area contributed by atoms with E-state index in [9.17, 15) is 9.59 Å². The van der Waals surface area contributed by atoms with Gasteiger partial charge in [-0.1, -0.05) is 42.5 Å². The Labute approximate surface area is 168 Å². The largest absolute Gasteiger partial charge is 0.353 e. The van der Waals surface area contributed by atoms with Crippen LogP contribution in [0, 0.1) is 0 Å². The minimum absolute atomic E-state index is 0.107. The third-order valence-electron chi connectivity index (χ3n) is 5.36. The minimum atomic E-state index is -0.112. The van der Waals surface area contributed by atoms with Crippen molar-refractivity contribution in [3.05, 3.63) is 78.5 Å². The molecule has 2 amide bonds. The molecule has 0 atom stereocenters. The Morgan fingerprint density at radius 3 is 2.66 bits per heavy atom. The maximum Gasteiger partial charge on any atom is 0.254 e. The summed E-state index contributed by atoms with van der Waals surface area (Å²) in [6.07, 6.45) is 1.81. The number of aromatic nitrogens is 1. The van der Waals surface area contributed by atoms with Crippen LogP contribution in [-0.2, 0) is 4.79 Å². The van der Waals surface area contributed by atoms with Crippen LogP contribution in [0.2, 0.25) is 0 Å². The van der Waals surface area contributed by atoms with Gasteiger partial charge in [-0.25, -0.2) is 0 Å². The third kappa shape index (κ3) is 3.21. The first-order valence-corrected chi connectivity index (χ1v) is 9.63. The lowest BCUT2D eigenvalue weighted by atomic mass is 9.98. The summed E-state index contributed by atoms with van der Waals surface area (Å²) in [6, 6.07) is 22.1. The van der Waals surface area contributed by atoms with Crippen LogP contribution in [0.1, 0.15) is 10.4 Å². The fraction of sp³-hybridized carbons (Fsp3) is 0.125. The molecule has 1 saturated heterocycles. The fourth-order valence-electron chi connectivity index (χ4n) is 3.88. The van der Waals surface area contributed by atoms with Gasteiger partial charge in [-0.15, -0.1) is 0 Å². The number of para-hydroxylation sites is 1. The minimum Gasteiger partial charge on any atom is -0.353 e. The van der Waals surface area contributed by atoms with Gasteiger partial charge in [-0.2, -0.15) is 0 Å². The zero-order valence-corrected chi connectivity index (χ0v) is 15.8. The molecule has 29 heavy (non-hydrogen) atoms. The molecule has 1 aromatic heterocycles. The van der Waals surface area contributed by atoms with Gasteiger partial charge in [-0.05, 0) is 40.6 Å². The molecule has 1 aliphatic heterocycles. The molecule has 5 nitrogen and oxygen atoms in total. The molecule has 5 rings (SSSR count). The summed E-state index contributed by atoms with van der Waals surface area (Å²) in [4.78, 5) is 30.5. The van der Waals surface area contributed by atoms with Crippen molar-refractivity contribution < 1.29 is 9.59 Å². The zero-order valence-electron chi connectivity index (χ0n) is 15.8. The molecule has 4 aromatic rings. The van der Waals surface area contributed by atoms with Crippen LogP contribution >= 0.6 is 0 Å². The van der Waals surface area contributed by atoms with Gasteiger partial charge in [0, 0.05) is 35.8 Å². The highest BCUT2D eigenvalue weighted by atomic mass is 16.2. The van der Waals surface area contributed by atoms with Crippen molar-refractivity contribution in [2.24, 2.45) is 0 Å². The second kappa shape index (κ2) is 7.02. The molecule has 2 heterocycles. The lowest BCUT2D eigenvalue weighted by Crippen LogP contribution is -2.49. The van der Waals surface area contributed by atoms with Crippen molar-refractivity contribution in [3.63, 3.8) is 0 Å². The number of nitrogens with one attached hydrogen (secondary N) is 1. The quantitative estimate of drug-likeness (QED) is 0.577. The van der Waals surface area contributed by atoms with Crippen molar-refractivity contribution in [3.8, 4) is 11.1 Å². The Balaban J connectivity index is 1.51. The molecular formula is C24H19N3O2. The Kier molecular flexibility index (Phi) is 4.21. The van der Waals surface area contributed by atoms with Crippen molar-refractivity contribution in [1.82, 2.24) is 15.2 Å². The van der Waals surface area contributed by atoms with E-state index in [1.807, 2.05) is 42.6 Å². The highest BCUT2D eigenvalue weighted by Gasteiger charge is 2.22. The van der Waals surface area contributed by atoms with Gasteiger partial charge in [0.05, 0.1) is 12.1 Å². The molecule has 5 heteroatoms. The summed E-state index contributed by atoms with van der Waals surface area (Å²) in [5.41, 5.74) is 3.76. The number of carbonyl (C=O) groups excluding carboxylic acids is 2. The van der Waals surface area contributed by atoms with Gasteiger partial charge < -0.3 is 10.2 Å². The van der Waals surface area contributed by atoms with E-state index in [2.05, 4.69) is 40.6 Å². The summed E-state index contributed by atoms with van der Waals surface area (Å²) in [6.45, 7) is 1.15. The van der Waals surface area contributed by atoms with Gasteiger partial charge >= 0.3 is 0 Å². The van der Waals surface area contributed by atoms with Crippen LogP contribution in [0.15, 0.2) is 72.9 Å². The molecule has 1 aliphatic rings. The van der Waals surface area contributed by atoms with Gasteiger partial charge in [0.25, 0.3) is 5.91 Å². The van der Waals surface area contributed by atoms with Crippen molar-refractivity contribution in [2.75, 3.05) is 19.6 Å². The molecule has 0 bridgehead atoms. The van der Waals surface area contributed by atoms with Crippen LogP contribution in [-0.4, -0.2) is 41.3 Å². The number of hydrogen-bond donors (Lipinski definition) is 1. The number of pyridine rings is 1. The maximum atomic E-state index is 12.8. The molecule has 0 spiro atoms. The third-order valence-corrected chi connectivity index (χ3v) is 5.36. The highest BCUT2D eigenvalue weighted by molar-refractivity contribution is 6.02. The van der Waals surface area contributed by atoms with Gasteiger partial charge in [0.2, 0.25) is 5.91 Å². The van der Waals surface area contributed by atoms with Gasteiger partial charge in [0.15, 0.2) is 0 Å². The average molecular weight is 381 g/mol. The van der Waals surface area contributed by atoms with E-state index in [0.29, 0.717) is 18.7 Å². The van der Waals surface area contributed by atoms with E-state index in [1.165, 1.54) is 0 Å². The smallest absolute Gasteiger partial charge is 0.254 e. The number of hydrogen-bond acceptors (Lipinski definition) is 3. The summed E-state index contributed by atoms with van der Waals surface area (Å²) >= 11 is 0. The van der Waals surface area contributed by atoms with Crippen LogP contribution in [0.3, 0.4) is 0 Å². The molecule has 3 aromatic carbocycles. The lowest BCUT2D eigenvalue weighted by molar-refractivity contribution is -0.123. The van der Waals surface area contributed by atoms with E-state index in [4.69, 9.17) is 0 Å². The standard InChI is InChI=1S/C24H19N3O2/c28-22-15-27(12-11-25-22)24(29)20-9-7-17-13-19(8-6-18(17)14-20)21-5-1-3-16-4-2-10-26-23(16)21/h1-10,13-14H,11-12,15H2,(H,25,28). The summed E-state index contributed by atoms with van der Waals surface area (Å²) in [5, 5.41) is 5.91. The average Bonchev–Trinajstić information content (AvgIpc) is 2.77. The van der Waals surface area contributed by atoms with E-state index >= 15 is 0 Å². The van der Waals surface area contributed by atoms with Crippen LogP contribution in [0.4, 0.5) is 0 Å². The summed E-state index contributed by atoms with van der Waals surface area (Å²) < 4.78 is 0. The number of carbonyl (C=O) groups is 2. The topological polar surface area (TPSA) is 62.3 Å². The number of piperazine rings is 1. The molecule has 0 aliphatic carbocycles. The molecule has 1 fully saturated rings. The SMILES string of the molecule is O=C1CN(C(=O)c2ccc3cc(-c4cccc5cccnc45)ccc3c2)CCN1. The first kappa shape index (κ1) is 17.4. The highest BCUT2D eigenvalue weighted by Crippen LogP contribution is 2.30. The maximum absolute atomic E-state index is 12.8. The fourth-order valence-corrected chi connectivity index (χ4v) is 3.88. The first-order valence-electron chi connectivity index (χ1n) is 9.63. The monoisotopic (exact) mass is 381 g/mol. The second-order valence-corrected chi connectivity index (χ2v) is 7.23. The second-order valence-electron chi connectivity index (χ2n) is 7.23. The summed E-state index contributed by atoms with van der Waals surface area (Å²) in [7, 11) is 0. The zero-order chi connectivity index (χ0) is 19.8. The van der Waals surface area contributed by atoms with Crippen molar-refractivity contribution in [2.45, 2.75) is 0 Å². The Bertz CT molecular complexity index is 1260. The van der Waals surface area contributed by atoms with E-state index in [-0.39, 0.29) is 18.4 Å². The van der Waals surface area contributed by atoms with E-state index in [1.54, 1.807) is 4.90 Å². The van der Waals surface area contributed by atoms with Crippen LogP contribution in [0.5, 0.6) is 0 Å². The van der Waals surface area contributed by atoms with E-state index in [0.717, 1.165) is 32.8 Å². The number of amides is 2. The normalized spacial score (nSPS) is 14.2. The van der Waals surface area contributed by atoms with E-state index < -0.39 is 0 Å².